The molecule has 3 aromatic carbocycles. The van der Waals surface area contributed by atoms with E-state index in [0.29, 0.717) is 18.5 Å². The molecule has 0 bridgehead atoms. The molecule has 1 heteroatoms. The summed E-state index contributed by atoms with van der Waals surface area (Å²) in [5.74, 6) is 1.03. The van der Waals surface area contributed by atoms with Crippen LogP contribution in [0, 0.1) is 0 Å². The Morgan fingerprint density at radius 2 is 1.03 bits per heavy atom. The van der Waals surface area contributed by atoms with E-state index in [9.17, 15) is 0 Å². The van der Waals surface area contributed by atoms with Gasteiger partial charge in [-0.1, -0.05) is 127 Å². The van der Waals surface area contributed by atoms with Crippen molar-refractivity contribution in [2.75, 3.05) is 0 Å². The number of benzene rings is 3. The van der Waals surface area contributed by atoms with Gasteiger partial charge in [0.15, 0.2) is 6.71 Å². The maximum Gasteiger partial charge on any atom is 0.197 e. The van der Waals surface area contributed by atoms with E-state index < -0.39 is 0 Å². The zero-order chi connectivity index (χ0) is 21.1. The first-order valence-electron chi connectivity index (χ1n) is 11.2. The average molecular weight is 382 g/mol. The van der Waals surface area contributed by atoms with Crippen molar-refractivity contribution in [1.82, 2.24) is 0 Å². The van der Waals surface area contributed by atoms with Crippen molar-refractivity contribution in [3.05, 3.63) is 76.9 Å². The largest absolute Gasteiger partial charge is 0.197 e. The van der Waals surface area contributed by atoms with Gasteiger partial charge in [-0.25, -0.2) is 0 Å². The van der Waals surface area contributed by atoms with E-state index in [2.05, 4.69) is 110 Å². The molecule has 1 aliphatic rings. The molecule has 0 unspecified atom stereocenters. The van der Waals surface area contributed by atoms with Crippen molar-refractivity contribution < 1.29 is 0 Å². The molecule has 4 rings (SSSR count). The van der Waals surface area contributed by atoms with E-state index >= 15 is 0 Å². The van der Waals surface area contributed by atoms with Crippen LogP contribution >= 0.6 is 0 Å². The molecule has 0 aromatic heterocycles. The molecule has 0 saturated heterocycles. The summed E-state index contributed by atoms with van der Waals surface area (Å²) in [4.78, 5) is 0. The van der Waals surface area contributed by atoms with E-state index in [1.807, 2.05) is 0 Å². The summed E-state index contributed by atoms with van der Waals surface area (Å²) < 4.78 is 0. The molecular weight excluding hydrogens is 347 g/mol. The maximum absolute atomic E-state index is 2.48. The minimum atomic E-state index is 0.0476. The number of hydrogen-bond donors (Lipinski definition) is 0. The van der Waals surface area contributed by atoms with Crippen molar-refractivity contribution in [3.8, 4) is 0 Å². The van der Waals surface area contributed by atoms with Gasteiger partial charge in [0, 0.05) is 0 Å². The van der Waals surface area contributed by atoms with E-state index in [-0.39, 0.29) is 10.6 Å². The van der Waals surface area contributed by atoms with Crippen molar-refractivity contribution in [2.24, 2.45) is 0 Å². The minimum Gasteiger partial charge on any atom is -0.0714 e. The third kappa shape index (κ3) is 2.88. The fraction of sp³-hybridized carbons (Fsp3) is 0.429. The second-order valence-corrected chi connectivity index (χ2v) is 10.7. The summed E-state index contributed by atoms with van der Waals surface area (Å²) >= 11 is 0. The molecular formula is C28H35B. The molecule has 0 radical (unpaired) electrons. The van der Waals surface area contributed by atoms with E-state index in [4.69, 9.17) is 0 Å². The molecule has 0 saturated carbocycles. The summed E-state index contributed by atoms with van der Waals surface area (Å²) in [6, 6.07) is 20.8. The second kappa shape index (κ2) is 6.76. The van der Waals surface area contributed by atoms with Gasteiger partial charge in [-0.15, -0.1) is 0 Å². The molecule has 0 spiro atoms. The van der Waals surface area contributed by atoms with Gasteiger partial charge in [0.2, 0.25) is 0 Å². The molecule has 3 aromatic rings. The molecule has 150 valence electrons. The summed E-state index contributed by atoms with van der Waals surface area (Å²) in [7, 11) is 0. The third-order valence-electron chi connectivity index (χ3n) is 7.44. The van der Waals surface area contributed by atoms with Crippen LogP contribution in [0.5, 0.6) is 0 Å². The van der Waals surface area contributed by atoms with Crippen molar-refractivity contribution in [2.45, 2.75) is 77.9 Å². The van der Waals surface area contributed by atoms with Crippen molar-refractivity contribution in [3.63, 3.8) is 0 Å². The lowest BCUT2D eigenvalue weighted by Gasteiger charge is -2.50. The lowest BCUT2D eigenvalue weighted by atomic mass is 9.16. The van der Waals surface area contributed by atoms with Crippen LogP contribution in [0.3, 0.4) is 0 Å². The molecule has 0 amide bonds. The van der Waals surface area contributed by atoms with Crippen LogP contribution in [0.15, 0.2) is 54.6 Å². The van der Waals surface area contributed by atoms with E-state index in [1.54, 1.807) is 5.46 Å². The van der Waals surface area contributed by atoms with Crippen LogP contribution in [-0.2, 0) is 10.6 Å². The Morgan fingerprint density at radius 3 is 1.45 bits per heavy atom. The Labute approximate surface area is 177 Å². The van der Waals surface area contributed by atoms with Gasteiger partial charge in [-0.2, -0.15) is 0 Å². The van der Waals surface area contributed by atoms with Crippen LogP contribution in [0.2, 0.25) is 0 Å². The minimum absolute atomic E-state index is 0.0476. The van der Waals surface area contributed by atoms with Gasteiger partial charge >= 0.3 is 0 Å². The summed E-state index contributed by atoms with van der Waals surface area (Å²) in [5.41, 5.74) is 7.65. The first-order valence-corrected chi connectivity index (χ1v) is 11.2. The van der Waals surface area contributed by atoms with Gasteiger partial charge in [0.25, 0.3) is 0 Å². The Kier molecular flexibility index (Phi) is 4.72. The molecule has 1 heterocycles. The topological polar surface area (TPSA) is 0 Å². The molecule has 29 heavy (non-hydrogen) atoms. The Hall–Kier alpha value is -2.02. The monoisotopic (exact) mass is 382 g/mol. The first kappa shape index (κ1) is 20.3. The molecule has 0 N–H and O–H groups in total. The Balaban J connectivity index is 2.12. The van der Waals surface area contributed by atoms with E-state index in [1.165, 1.54) is 33.0 Å². The normalized spacial score (nSPS) is 17.4. The standard InChI is InChI=1S/C28H35B/c1-18(2)21-14-11-15-22(19(3)4)26(21)29-27(5,6)23-16-9-12-20-13-10-17-24(25(20)23)28(29,7)8/h9-19H,1-8H3. The summed E-state index contributed by atoms with van der Waals surface area (Å²) in [6.45, 7) is 19.7. The zero-order valence-corrected chi connectivity index (χ0v) is 19.4. The SMILES string of the molecule is CC(C)c1cccc(C(C)C)c1B1C(C)(C)c2cccc3cccc(c23)C1(C)C. The molecule has 0 nitrogen and oxygen atoms in total. The van der Waals surface area contributed by atoms with Gasteiger partial charge in [-0.05, 0) is 44.4 Å². The second-order valence-electron chi connectivity index (χ2n) is 10.7. The number of rotatable bonds is 3. The quantitative estimate of drug-likeness (QED) is 0.423. The highest BCUT2D eigenvalue weighted by molar-refractivity contribution is 6.80. The van der Waals surface area contributed by atoms with Gasteiger partial charge in [0.1, 0.15) is 0 Å². The van der Waals surface area contributed by atoms with Gasteiger partial charge in [0.05, 0.1) is 0 Å². The first-order chi connectivity index (χ1) is 13.6. The van der Waals surface area contributed by atoms with Gasteiger partial charge < -0.3 is 0 Å². The number of hydrogen-bond acceptors (Lipinski definition) is 0. The van der Waals surface area contributed by atoms with Crippen LogP contribution in [0.25, 0.3) is 10.8 Å². The van der Waals surface area contributed by atoms with Gasteiger partial charge in [-0.3, -0.25) is 0 Å². The molecule has 0 fully saturated rings. The lowest BCUT2D eigenvalue weighted by molar-refractivity contribution is 0.634. The van der Waals surface area contributed by atoms with Crippen LogP contribution in [0.4, 0.5) is 0 Å². The van der Waals surface area contributed by atoms with Crippen molar-refractivity contribution >= 4 is 22.9 Å². The molecule has 0 aliphatic carbocycles. The smallest absolute Gasteiger partial charge is 0.0714 e. The van der Waals surface area contributed by atoms with Crippen molar-refractivity contribution in [1.29, 1.82) is 0 Å². The molecule has 1 aliphatic heterocycles. The molecule has 0 atom stereocenters. The predicted molar refractivity (Wildman–Crippen MR) is 130 cm³/mol. The summed E-state index contributed by atoms with van der Waals surface area (Å²) in [6.07, 6.45) is 0. The Morgan fingerprint density at radius 1 is 0.621 bits per heavy atom. The predicted octanol–water partition coefficient (Wildman–Crippen LogP) is 7.14. The summed E-state index contributed by atoms with van der Waals surface area (Å²) in [5, 5.41) is 2.95. The average Bonchev–Trinajstić information content (AvgIpc) is 2.65. The third-order valence-corrected chi connectivity index (χ3v) is 7.44. The Bertz CT molecular complexity index is 992. The van der Waals surface area contributed by atoms with Crippen LogP contribution in [-0.4, -0.2) is 6.71 Å². The highest BCUT2D eigenvalue weighted by Crippen LogP contribution is 2.49. The highest BCUT2D eigenvalue weighted by atomic mass is 14.4. The van der Waals surface area contributed by atoms with Crippen LogP contribution in [0.1, 0.15) is 89.5 Å². The lowest BCUT2D eigenvalue weighted by Crippen LogP contribution is -2.62. The maximum atomic E-state index is 2.48. The van der Waals surface area contributed by atoms with Crippen LogP contribution < -0.4 is 5.46 Å². The van der Waals surface area contributed by atoms with E-state index in [0.717, 1.165) is 0 Å². The fourth-order valence-corrected chi connectivity index (χ4v) is 6.29. The highest BCUT2D eigenvalue weighted by Gasteiger charge is 2.52. The zero-order valence-electron chi connectivity index (χ0n) is 19.4. The fourth-order valence-electron chi connectivity index (χ4n) is 6.29.